The Morgan fingerprint density at radius 1 is 1.32 bits per heavy atom. The highest BCUT2D eigenvalue weighted by Crippen LogP contribution is 2.23. The lowest BCUT2D eigenvalue weighted by Crippen LogP contribution is -2.45. The summed E-state index contributed by atoms with van der Waals surface area (Å²) < 4.78 is 5.25. The van der Waals surface area contributed by atoms with Crippen LogP contribution in [-0.2, 0) is 24.3 Å². The van der Waals surface area contributed by atoms with Crippen LogP contribution in [0.15, 0.2) is 40.7 Å². The van der Waals surface area contributed by atoms with Crippen molar-refractivity contribution in [2.75, 3.05) is 26.7 Å². The highest BCUT2D eigenvalue weighted by Gasteiger charge is 2.21. The van der Waals surface area contributed by atoms with E-state index in [1.807, 2.05) is 36.1 Å². The molecule has 8 heteroatoms. The molecule has 2 aromatic rings. The van der Waals surface area contributed by atoms with E-state index in [0.717, 1.165) is 30.8 Å². The van der Waals surface area contributed by atoms with Crippen molar-refractivity contribution in [3.05, 3.63) is 51.7 Å². The second-order valence-corrected chi connectivity index (χ2v) is 7.34. The fraction of sp³-hybridized carbons (Fsp3) is 0.400. The Bertz CT molecular complexity index is 809. The minimum absolute atomic E-state index is 0. The molecule has 0 aliphatic carbocycles. The Labute approximate surface area is 187 Å². The van der Waals surface area contributed by atoms with Gasteiger partial charge < -0.3 is 20.3 Å². The van der Waals surface area contributed by atoms with Gasteiger partial charge in [0.15, 0.2) is 5.96 Å². The van der Waals surface area contributed by atoms with Crippen LogP contribution < -0.4 is 15.4 Å². The molecule has 0 spiro atoms. The Hall–Kier alpha value is -1.81. The molecule has 0 bridgehead atoms. The number of hydrogen-bond donors (Lipinski definition) is 2. The third-order valence-corrected chi connectivity index (χ3v) is 5.49. The highest BCUT2D eigenvalue weighted by molar-refractivity contribution is 14.0. The average molecular weight is 514 g/mol. The number of fused-ring (bicyclic) bond motifs is 1. The summed E-state index contributed by atoms with van der Waals surface area (Å²) in [5.41, 5.74) is 2.33. The van der Waals surface area contributed by atoms with Crippen molar-refractivity contribution >= 4 is 47.2 Å². The Morgan fingerprint density at radius 2 is 2.18 bits per heavy atom. The van der Waals surface area contributed by atoms with Crippen LogP contribution in [0.25, 0.3) is 0 Å². The maximum Gasteiger partial charge on any atom is 0.242 e. The van der Waals surface area contributed by atoms with E-state index in [-0.39, 0.29) is 36.4 Å². The fourth-order valence-electron chi connectivity index (χ4n) is 3.02. The summed E-state index contributed by atoms with van der Waals surface area (Å²) in [6.07, 6.45) is 0.947. The monoisotopic (exact) mass is 514 g/mol. The molecule has 0 saturated carbocycles. The summed E-state index contributed by atoms with van der Waals surface area (Å²) in [7, 11) is 1.65. The first-order chi connectivity index (χ1) is 13.2. The zero-order chi connectivity index (χ0) is 19.1. The number of rotatable bonds is 6. The highest BCUT2D eigenvalue weighted by atomic mass is 127. The SMILES string of the molecule is CCNC(=NCc1cccc(OC)c1)NCC(=O)N1CCc2sccc2C1.I. The zero-order valence-electron chi connectivity index (χ0n) is 16.2. The topological polar surface area (TPSA) is 66.0 Å². The molecule has 28 heavy (non-hydrogen) atoms. The van der Waals surface area contributed by atoms with E-state index in [1.165, 1.54) is 10.4 Å². The van der Waals surface area contributed by atoms with Crippen molar-refractivity contribution < 1.29 is 9.53 Å². The molecule has 2 heterocycles. The number of methoxy groups -OCH3 is 1. The molecular weight excluding hydrogens is 487 g/mol. The fourth-order valence-corrected chi connectivity index (χ4v) is 3.91. The van der Waals surface area contributed by atoms with Gasteiger partial charge in [0.25, 0.3) is 0 Å². The lowest BCUT2D eigenvalue weighted by Gasteiger charge is -2.27. The second-order valence-electron chi connectivity index (χ2n) is 6.33. The van der Waals surface area contributed by atoms with Crippen molar-refractivity contribution in [1.82, 2.24) is 15.5 Å². The predicted molar refractivity (Wildman–Crippen MR) is 125 cm³/mol. The lowest BCUT2D eigenvalue weighted by molar-refractivity contribution is -0.130. The molecule has 3 rings (SSSR count). The normalized spacial score (nSPS) is 13.4. The first-order valence-electron chi connectivity index (χ1n) is 9.17. The predicted octanol–water partition coefficient (Wildman–Crippen LogP) is 3.01. The largest absolute Gasteiger partial charge is 0.497 e. The summed E-state index contributed by atoms with van der Waals surface area (Å²) in [5, 5.41) is 8.45. The van der Waals surface area contributed by atoms with Crippen LogP contribution in [0.3, 0.4) is 0 Å². The van der Waals surface area contributed by atoms with Crippen LogP contribution in [0.4, 0.5) is 0 Å². The molecule has 0 atom stereocenters. The Kier molecular flexibility index (Phi) is 9.04. The average Bonchev–Trinajstić information content (AvgIpc) is 3.17. The third kappa shape index (κ3) is 6.10. The van der Waals surface area contributed by atoms with Crippen molar-refractivity contribution in [3.63, 3.8) is 0 Å². The molecule has 0 unspecified atom stereocenters. The van der Waals surface area contributed by atoms with Crippen molar-refractivity contribution in [2.45, 2.75) is 26.4 Å². The standard InChI is InChI=1S/C20H26N4O2S.HI/c1-3-21-20(22-12-15-5-4-6-17(11-15)26-2)23-13-19(25)24-9-7-18-16(14-24)8-10-27-18;/h4-6,8,10-11H,3,7,9,12-14H2,1-2H3,(H2,21,22,23);1H. The maximum absolute atomic E-state index is 12.6. The van der Waals surface area contributed by atoms with Gasteiger partial charge in [-0.25, -0.2) is 4.99 Å². The lowest BCUT2D eigenvalue weighted by atomic mass is 10.1. The molecule has 2 N–H and O–H groups in total. The van der Waals surface area contributed by atoms with Gasteiger partial charge in [0, 0.05) is 24.5 Å². The number of carbonyl (C=O) groups excluding carboxylic acids is 1. The second kappa shape index (κ2) is 11.3. The summed E-state index contributed by atoms with van der Waals surface area (Å²) >= 11 is 1.78. The van der Waals surface area contributed by atoms with Gasteiger partial charge in [-0.3, -0.25) is 4.79 Å². The van der Waals surface area contributed by atoms with Gasteiger partial charge in [-0.2, -0.15) is 0 Å². The number of guanidine groups is 1. The van der Waals surface area contributed by atoms with E-state index < -0.39 is 0 Å². The Morgan fingerprint density at radius 3 is 2.96 bits per heavy atom. The molecule has 0 saturated heterocycles. The number of carbonyl (C=O) groups is 1. The van der Waals surface area contributed by atoms with E-state index in [9.17, 15) is 4.79 Å². The number of benzene rings is 1. The molecular formula is C20H27IN4O2S. The minimum atomic E-state index is 0. The number of nitrogens with one attached hydrogen (secondary N) is 2. The molecule has 1 aliphatic rings. The van der Waals surface area contributed by atoms with E-state index in [1.54, 1.807) is 18.4 Å². The minimum Gasteiger partial charge on any atom is -0.497 e. The summed E-state index contributed by atoms with van der Waals surface area (Å²) in [6, 6.07) is 9.94. The van der Waals surface area contributed by atoms with Gasteiger partial charge in [0.05, 0.1) is 20.2 Å². The molecule has 1 aromatic carbocycles. The summed E-state index contributed by atoms with van der Waals surface area (Å²) in [5.74, 6) is 1.55. The van der Waals surface area contributed by atoms with Crippen LogP contribution in [-0.4, -0.2) is 43.5 Å². The van der Waals surface area contributed by atoms with Gasteiger partial charge in [-0.15, -0.1) is 35.3 Å². The van der Waals surface area contributed by atoms with Crippen molar-refractivity contribution in [2.24, 2.45) is 4.99 Å². The van der Waals surface area contributed by atoms with E-state index >= 15 is 0 Å². The van der Waals surface area contributed by atoms with Crippen LogP contribution >= 0.6 is 35.3 Å². The zero-order valence-corrected chi connectivity index (χ0v) is 19.4. The van der Waals surface area contributed by atoms with E-state index in [0.29, 0.717) is 19.0 Å². The van der Waals surface area contributed by atoms with E-state index in [4.69, 9.17) is 4.74 Å². The molecule has 1 aliphatic heterocycles. The Balaban J connectivity index is 0.00000280. The van der Waals surface area contributed by atoms with E-state index in [2.05, 4.69) is 27.1 Å². The number of ether oxygens (including phenoxy) is 1. The van der Waals surface area contributed by atoms with Gasteiger partial charge in [0.1, 0.15) is 5.75 Å². The number of nitrogens with zero attached hydrogens (tertiary/aromatic N) is 2. The van der Waals surface area contributed by atoms with Crippen molar-refractivity contribution in [3.8, 4) is 5.75 Å². The number of thiophene rings is 1. The molecule has 0 radical (unpaired) electrons. The van der Waals surface area contributed by atoms with Crippen LogP contribution in [0.2, 0.25) is 0 Å². The van der Waals surface area contributed by atoms with Gasteiger partial charge in [-0.1, -0.05) is 12.1 Å². The first kappa shape index (κ1) is 22.5. The van der Waals surface area contributed by atoms with Crippen LogP contribution in [0.5, 0.6) is 5.75 Å². The molecule has 1 amide bonds. The first-order valence-corrected chi connectivity index (χ1v) is 10.1. The van der Waals surface area contributed by atoms with Gasteiger partial charge >= 0.3 is 0 Å². The number of amides is 1. The smallest absolute Gasteiger partial charge is 0.242 e. The van der Waals surface area contributed by atoms with Crippen LogP contribution in [0, 0.1) is 0 Å². The van der Waals surface area contributed by atoms with Crippen molar-refractivity contribution in [1.29, 1.82) is 0 Å². The molecule has 0 fully saturated rings. The van der Waals surface area contributed by atoms with Crippen LogP contribution in [0.1, 0.15) is 22.9 Å². The quantitative estimate of drug-likeness (QED) is 0.354. The number of halogens is 1. The number of hydrogen-bond acceptors (Lipinski definition) is 4. The van der Waals surface area contributed by atoms with Gasteiger partial charge in [0.2, 0.25) is 5.91 Å². The molecule has 152 valence electrons. The molecule has 1 aromatic heterocycles. The van der Waals surface area contributed by atoms with Gasteiger partial charge in [-0.05, 0) is 48.1 Å². The maximum atomic E-state index is 12.6. The summed E-state index contributed by atoms with van der Waals surface area (Å²) in [6.45, 7) is 4.99. The molecule has 6 nitrogen and oxygen atoms in total. The summed E-state index contributed by atoms with van der Waals surface area (Å²) in [4.78, 5) is 20.5. The third-order valence-electron chi connectivity index (χ3n) is 4.47. The number of aliphatic imine (C=N–C) groups is 1.